The maximum Gasteiger partial charge on any atom is 0.0457 e. The van der Waals surface area contributed by atoms with E-state index in [1.165, 1.54) is 11.1 Å². The van der Waals surface area contributed by atoms with Crippen molar-refractivity contribution in [2.24, 2.45) is 11.8 Å². The quantitative estimate of drug-likeness (QED) is 0.574. The Labute approximate surface area is 92.8 Å². The number of hydrogen-bond acceptors (Lipinski definition) is 2. The van der Waals surface area contributed by atoms with Gasteiger partial charge in [0.1, 0.15) is 0 Å². The van der Waals surface area contributed by atoms with Crippen LogP contribution in [-0.4, -0.2) is 0 Å². The molecule has 0 aliphatic rings. The molecule has 0 heterocycles. The molecule has 0 radical (unpaired) electrons. The van der Waals surface area contributed by atoms with Crippen molar-refractivity contribution in [3.8, 4) is 0 Å². The van der Waals surface area contributed by atoms with Crippen LogP contribution in [0.5, 0.6) is 0 Å². The number of hydrogen-bond donors (Lipinski definition) is 2. The summed E-state index contributed by atoms with van der Waals surface area (Å²) in [5, 5.41) is 0. The average Bonchev–Trinajstić information content (AvgIpc) is 2.19. The summed E-state index contributed by atoms with van der Waals surface area (Å²) in [5.41, 5.74) is 5.54. The van der Waals surface area contributed by atoms with Gasteiger partial charge in [0.15, 0.2) is 0 Å². The van der Waals surface area contributed by atoms with E-state index in [4.69, 9.17) is 5.84 Å². The molecule has 3 N–H and O–H groups in total. The molecule has 1 atom stereocenters. The first-order valence-electron chi connectivity index (χ1n) is 5.72. The predicted molar refractivity (Wildman–Crippen MR) is 65.3 cm³/mol. The molecule has 1 rings (SSSR count). The summed E-state index contributed by atoms with van der Waals surface area (Å²) in [6.45, 7) is 6.62. The van der Waals surface area contributed by atoms with Gasteiger partial charge in [-0.25, -0.2) is 0 Å². The molecule has 0 aliphatic carbocycles. The zero-order valence-corrected chi connectivity index (χ0v) is 9.96. The third-order valence-electron chi connectivity index (χ3n) is 2.61. The molecule has 1 unspecified atom stereocenters. The zero-order chi connectivity index (χ0) is 11.3. The number of nitrogens with one attached hydrogen (secondary N) is 1. The minimum absolute atomic E-state index is 0.275. The molecular formula is C13H22N2. The molecule has 0 bridgehead atoms. The zero-order valence-electron chi connectivity index (χ0n) is 9.96. The van der Waals surface area contributed by atoms with Gasteiger partial charge in [-0.15, -0.1) is 0 Å². The molecule has 2 heteroatoms. The summed E-state index contributed by atoms with van der Waals surface area (Å²) in [7, 11) is 0. The van der Waals surface area contributed by atoms with Gasteiger partial charge in [0.05, 0.1) is 0 Å². The van der Waals surface area contributed by atoms with Crippen LogP contribution < -0.4 is 11.3 Å². The largest absolute Gasteiger partial charge is 0.271 e. The maximum absolute atomic E-state index is 5.52. The normalized spacial score (nSPS) is 13.1. The summed E-state index contributed by atoms with van der Waals surface area (Å²) in [4.78, 5) is 0. The molecule has 1 aromatic rings. The second-order valence-corrected chi connectivity index (χ2v) is 4.47. The summed E-state index contributed by atoms with van der Waals surface area (Å²) < 4.78 is 0. The van der Waals surface area contributed by atoms with Crippen molar-refractivity contribution in [1.82, 2.24) is 5.43 Å². The highest BCUT2D eigenvalue weighted by Gasteiger charge is 2.07. The van der Waals surface area contributed by atoms with Crippen LogP contribution in [-0.2, 0) is 6.42 Å². The SMILES string of the molecule is CCC(NN)c1cccc(CC(C)C)c1. The van der Waals surface area contributed by atoms with Crippen molar-refractivity contribution < 1.29 is 0 Å². The van der Waals surface area contributed by atoms with Crippen LogP contribution in [0.1, 0.15) is 44.4 Å². The van der Waals surface area contributed by atoms with Gasteiger partial charge in [-0.05, 0) is 29.9 Å². The fourth-order valence-electron chi connectivity index (χ4n) is 1.86. The lowest BCUT2D eigenvalue weighted by Gasteiger charge is -2.15. The van der Waals surface area contributed by atoms with Gasteiger partial charge in [0.25, 0.3) is 0 Å². The van der Waals surface area contributed by atoms with Gasteiger partial charge in [-0.3, -0.25) is 11.3 Å². The van der Waals surface area contributed by atoms with E-state index in [0.717, 1.165) is 12.8 Å². The molecule has 0 spiro atoms. The van der Waals surface area contributed by atoms with Crippen LogP contribution in [0.2, 0.25) is 0 Å². The first kappa shape index (κ1) is 12.2. The number of rotatable bonds is 5. The Hall–Kier alpha value is -0.860. The predicted octanol–water partition coefficient (Wildman–Crippen LogP) is 2.80. The third kappa shape index (κ3) is 3.65. The Morgan fingerprint density at radius 2 is 2.07 bits per heavy atom. The minimum Gasteiger partial charge on any atom is -0.271 e. The van der Waals surface area contributed by atoms with E-state index in [-0.39, 0.29) is 6.04 Å². The van der Waals surface area contributed by atoms with Gasteiger partial charge >= 0.3 is 0 Å². The fraction of sp³-hybridized carbons (Fsp3) is 0.538. The van der Waals surface area contributed by atoms with Gasteiger partial charge in [0, 0.05) is 6.04 Å². The first-order chi connectivity index (χ1) is 7.17. The smallest absolute Gasteiger partial charge is 0.0457 e. The first-order valence-corrected chi connectivity index (χ1v) is 5.72. The minimum atomic E-state index is 0.275. The topological polar surface area (TPSA) is 38.0 Å². The summed E-state index contributed by atoms with van der Waals surface area (Å²) >= 11 is 0. The van der Waals surface area contributed by atoms with Gasteiger partial charge in [-0.2, -0.15) is 0 Å². The van der Waals surface area contributed by atoms with Crippen molar-refractivity contribution in [3.63, 3.8) is 0 Å². The molecule has 15 heavy (non-hydrogen) atoms. The Kier molecular flexibility index (Phi) is 4.79. The second-order valence-electron chi connectivity index (χ2n) is 4.47. The lowest BCUT2D eigenvalue weighted by atomic mass is 9.97. The summed E-state index contributed by atoms with van der Waals surface area (Å²) in [6, 6.07) is 8.98. The molecule has 0 aliphatic heterocycles. The standard InChI is InChI=1S/C13H22N2/c1-4-13(15-14)12-7-5-6-11(9-12)8-10(2)3/h5-7,9-10,13,15H,4,8,14H2,1-3H3. The van der Waals surface area contributed by atoms with E-state index in [2.05, 4.69) is 50.5 Å². The maximum atomic E-state index is 5.52. The molecule has 1 aromatic carbocycles. The molecule has 2 nitrogen and oxygen atoms in total. The Bertz CT molecular complexity index is 290. The monoisotopic (exact) mass is 206 g/mol. The Balaban J connectivity index is 2.81. The van der Waals surface area contributed by atoms with Crippen molar-refractivity contribution in [3.05, 3.63) is 35.4 Å². The third-order valence-corrected chi connectivity index (χ3v) is 2.61. The van der Waals surface area contributed by atoms with E-state index in [1.54, 1.807) is 0 Å². The van der Waals surface area contributed by atoms with Crippen molar-refractivity contribution in [1.29, 1.82) is 0 Å². The van der Waals surface area contributed by atoms with E-state index < -0.39 is 0 Å². The molecule has 0 fully saturated rings. The fourth-order valence-corrected chi connectivity index (χ4v) is 1.86. The summed E-state index contributed by atoms with van der Waals surface area (Å²) in [6.07, 6.45) is 2.15. The number of nitrogens with two attached hydrogens (primary N) is 1. The van der Waals surface area contributed by atoms with E-state index >= 15 is 0 Å². The van der Waals surface area contributed by atoms with Gasteiger partial charge in [0.2, 0.25) is 0 Å². The number of hydrazine groups is 1. The second kappa shape index (κ2) is 5.89. The van der Waals surface area contributed by atoms with Crippen LogP contribution in [0.3, 0.4) is 0 Å². The van der Waals surface area contributed by atoms with Crippen molar-refractivity contribution >= 4 is 0 Å². The molecule has 0 amide bonds. The highest BCUT2D eigenvalue weighted by atomic mass is 15.2. The lowest BCUT2D eigenvalue weighted by Crippen LogP contribution is -2.27. The number of benzene rings is 1. The molecule has 0 saturated heterocycles. The summed E-state index contributed by atoms with van der Waals surface area (Å²) in [5.74, 6) is 6.22. The molecular weight excluding hydrogens is 184 g/mol. The lowest BCUT2D eigenvalue weighted by molar-refractivity contribution is 0.538. The van der Waals surface area contributed by atoms with Crippen LogP contribution >= 0.6 is 0 Å². The van der Waals surface area contributed by atoms with Gasteiger partial charge < -0.3 is 0 Å². The Morgan fingerprint density at radius 1 is 1.33 bits per heavy atom. The van der Waals surface area contributed by atoms with Crippen molar-refractivity contribution in [2.75, 3.05) is 0 Å². The van der Waals surface area contributed by atoms with Crippen molar-refractivity contribution in [2.45, 2.75) is 39.7 Å². The van der Waals surface area contributed by atoms with Gasteiger partial charge in [-0.1, -0.05) is 45.0 Å². The van der Waals surface area contributed by atoms with Crippen LogP contribution in [0.25, 0.3) is 0 Å². The van der Waals surface area contributed by atoms with Crippen LogP contribution in [0, 0.1) is 5.92 Å². The molecule has 0 saturated carbocycles. The average molecular weight is 206 g/mol. The highest BCUT2D eigenvalue weighted by molar-refractivity contribution is 5.26. The van der Waals surface area contributed by atoms with Crippen LogP contribution in [0.4, 0.5) is 0 Å². The van der Waals surface area contributed by atoms with E-state index in [0.29, 0.717) is 5.92 Å². The molecule has 0 aromatic heterocycles. The van der Waals surface area contributed by atoms with Crippen LogP contribution in [0.15, 0.2) is 24.3 Å². The molecule has 84 valence electrons. The van der Waals surface area contributed by atoms with E-state index in [9.17, 15) is 0 Å². The highest BCUT2D eigenvalue weighted by Crippen LogP contribution is 2.18. The Morgan fingerprint density at radius 3 is 2.60 bits per heavy atom. The van der Waals surface area contributed by atoms with E-state index in [1.807, 2.05) is 0 Å².